The van der Waals surface area contributed by atoms with Gasteiger partial charge in [-0.2, -0.15) is 15.0 Å². The summed E-state index contributed by atoms with van der Waals surface area (Å²) in [6, 6.07) is 6.74. The van der Waals surface area contributed by atoms with E-state index < -0.39 is 12.0 Å². The first-order chi connectivity index (χ1) is 10.0. The lowest BCUT2D eigenvalue weighted by Crippen LogP contribution is -2.28. The van der Waals surface area contributed by atoms with Crippen molar-refractivity contribution in [2.24, 2.45) is 0 Å². The van der Waals surface area contributed by atoms with Gasteiger partial charge in [0.1, 0.15) is 6.04 Å². The smallest absolute Gasteiger partial charge is 0.325 e. The minimum Gasteiger partial charge on any atom is -0.480 e. The van der Waals surface area contributed by atoms with Crippen molar-refractivity contribution in [3.63, 3.8) is 0 Å². The fourth-order valence-corrected chi connectivity index (χ4v) is 2.17. The lowest BCUT2D eigenvalue weighted by atomic mass is 10.0. The van der Waals surface area contributed by atoms with Gasteiger partial charge in [0.2, 0.25) is 0 Å². The highest BCUT2D eigenvalue weighted by Gasteiger charge is 2.20. The topological polar surface area (TPSA) is 80.0 Å². The molecule has 1 heterocycles. The average molecular weight is 288 g/mol. The molecule has 0 aliphatic carbocycles. The molecule has 112 valence electrons. The predicted molar refractivity (Wildman–Crippen MR) is 78.8 cm³/mol. The van der Waals surface area contributed by atoms with E-state index in [9.17, 15) is 9.90 Å². The van der Waals surface area contributed by atoms with Crippen LogP contribution in [0.5, 0.6) is 0 Å². The fraction of sp³-hybridized carbons (Fsp3) is 0.400. The first-order valence-corrected chi connectivity index (χ1v) is 6.94. The molecule has 1 unspecified atom stereocenters. The fourth-order valence-electron chi connectivity index (χ4n) is 2.17. The molecular weight excluding hydrogens is 268 g/mol. The van der Waals surface area contributed by atoms with Gasteiger partial charge in [0.05, 0.1) is 17.9 Å². The normalized spacial score (nSPS) is 12.3. The summed E-state index contributed by atoms with van der Waals surface area (Å²) in [5, 5.41) is 21.0. The number of aromatic nitrogens is 3. The van der Waals surface area contributed by atoms with Crippen molar-refractivity contribution in [2.75, 3.05) is 0 Å². The van der Waals surface area contributed by atoms with Gasteiger partial charge in [-0.15, -0.1) is 0 Å². The van der Waals surface area contributed by atoms with Gasteiger partial charge in [0.25, 0.3) is 0 Å². The van der Waals surface area contributed by atoms with Gasteiger partial charge in [0, 0.05) is 6.54 Å². The van der Waals surface area contributed by atoms with E-state index in [1.165, 1.54) is 0 Å². The third kappa shape index (κ3) is 3.66. The number of nitrogens with zero attached hydrogens (tertiary/aromatic N) is 3. The highest BCUT2D eigenvalue weighted by Crippen LogP contribution is 2.16. The maximum atomic E-state index is 11.5. The summed E-state index contributed by atoms with van der Waals surface area (Å²) in [6.07, 6.45) is 0. The largest absolute Gasteiger partial charge is 0.480 e. The van der Waals surface area contributed by atoms with E-state index in [4.69, 9.17) is 0 Å². The summed E-state index contributed by atoms with van der Waals surface area (Å²) >= 11 is 0. The number of carboxylic acids is 1. The third-order valence-electron chi connectivity index (χ3n) is 3.30. The number of hydrogen-bond donors (Lipinski definition) is 2. The number of nitrogens with one attached hydrogen (secondary N) is 1. The molecule has 1 atom stereocenters. The second-order valence-electron chi connectivity index (χ2n) is 4.99. The molecule has 0 fully saturated rings. The molecule has 0 aliphatic rings. The Labute approximate surface area is 123 Å². The molecular formula is C15H20N4O2. The zero-order chi connectivity index (χ0) is 15.4. The maximum Gasteiger partial charge on any atom is 0.325 e. The van der Waals surface area contributed by atoms with Crippen LogP contribution in [0.3, 0.4) is 0 Å². The minimum absolute atomic E-state index is 0.372. The van der Waals surface area contributed by atoms with Gasteiger partial charge in [-0.05, 0) is 26.3 Å². The van der Waals surface area contributed by atoms with E-state index >= 15 is 0 Å². The van der Waals surface area contributed by atoms with Gasteiger partial charge >= 0.3 is 5.97 Å². The second-order valence-corrected chi connectivity index (χ2v) is 4.99. The first-order valence-electron chi connectivity index (χ1n) is 6.94. The Balaban J connectivity index is 2.14. The standard InChI is InChI=1S/C15H20N4O2/c1-4-19-17-11(3)13(18-19)9-16-14(15(20)21)12-7-5-6-10(2)8-12/h5-8,14,16H,4,9H2,1-3H3,(H,20,21). The first kappa shape index (κ1) is 15.2. The Hall–Kier alpha value is -2.21. The van der Waals surface area contributed by atoms with E-state index in [-0.39, 0.29) is 0 Å². The molecule has 1 aromatic heterocycles. The molecule has 2 N–H and O–H groups in total. The summed E-state index contributed by atoms with van der Waals surface area (Å²) in [4.78, 5) is 13.1. The summed E-state index contributed by atoms with van der Waals surface area (Å²) in [5.41, 5.74) is 3.37. The van der Waals surface area contributed by atoms with E-state index in [0.717, 1.165) is 22.5 Å². The quantitative estimate of drug-likeness (QED) is 0.847. The van der Waals surface area contributed by atoms with E-state index in [2.05, 4.69) is 15.5 Å². The number of rotatable bonds is 6. The number of aliphatic carboxylic acids is 1. The Morgan fingerprint density at radius 2 is 2.14 bits per heavy atom. The number of carboxylic acid groups (broad SMARTS) is 1. The SMILES string of the molecule is CCn1nc(C)c(CNC(C(=O)O)c2cccc(C)c2)n1. The van der Waals surface area contributed by atoms with Gasteiger partial charge in [-0.25, -0.2) is 0 Å². The highest BCUT2D eigenvalue weighted by molar-refractivity contribution is 5.75. The van der Waals surface area contributed by atoms with Gasteiger partial charge < -0.3 is 5.11 Å². The number of hydrogen-bond acceptors (Lipinski definition) is 4. The van der Waals surface area contributed by atoms with Crippen LogP contribution in [0.2, 0.25) is 0 Å². The molecule has 0 bridgehead atoms. The van der Waals surface area contributed by atoms with Crippen LogP contribution in [-0.4, -0.2) is 26.1 Å². The molecule has 0 saturated heterocycles. The van der Waals surface area contributed by atoms with E-state index in [0.29, 0.717) is 13.1 Å². The van der Waals surface area contributed by atoms with Crippen LogP contribution in [0.15, 0.2) is 24.3 Å². The molecule has 0 saturated carbocycles. The Morgan fingerprint density at radius 3 is 2.71 bits per heavy atom. The van der Waals surface area contributed by atoms with Crippen LogP contribution in [0.4, 0.5) is 0 Å². The van der Waals surface area contributed by atoms with Crippen LogP contribution in [0, 0.1) is 13.8 Å². The Kier molecular flexibility index (Phi) is 4.70. The zero-order valence-electron chi connectivity index (χ0n) is 12.5. The molecule has 0 radical (unpaired) electrons. The van der Waals surface area contributed by atoms with Gasteiger partial charge in [0.15, 0.2) is 0 Å². The molecule has 1 aromatic carbocycles. The molecule has 0 spiro atoms. The number of carbonyl (C=O) groups is 1. The average Bonchev–Trinajstić information content (AvgIpc) is 2.79. The second kappa shape index (κ2) is 6.49. The Morgan fingerprint density at radius 1 is 1.38 bits per heavy atom. The minimum atomic E-state index is -0.902. The third-order valence-corrected chi connectivity index (χ3v) is 3.30. The van der Waals surface area contributed by atoms with E-state index in [1.807, 2.05) is 45.0 Å². The molecule has 2 aromatic rings. The number of aryl methyl sites for hydroxylation is 3. The lowest BCUT2D eigenvalue weighted by Gasteiger charge is -2.14. The number of benzene rings is 1. The zero-order valence-corrected chi connectivity index (χ0v) is 12.5. The van der Waals surface area contributed by atoms with Crippen LogP contribution in [0.1, 0.15) is 35.5 Å². The van der Waals surface area contributed by atoms with Crippen LogP contribution >= 0.6 is 0 Å². The van der Waals surface area contributed by atoms with Crippen LogP contribution in [0.25, 0.3) is 0 Å². The van der Waals surface area contributed by atoms with Crippen LogP contribution < -0.4 is 5.32 Å². The van der Waals surface area contributed by atoms with E-state index in [1.54, 1.807) is 4.80 Å². The monoisotopic (exact) mass is 288 g/mol. The van der Waals surface area contributed by atoms with Crippen LogP contribution in [-0.2, 0) is 17.9 Å². The Bertz CT molecular complexity index is 636. The molecule has 6 heteroatoms. The van der Waals surface area contributed by atoms with Crippen molar-refractivity contribution in [1.82, 2.24) is 20.3 Å². The molecule has 0 aliphatic heterocycles. The predicted octanol–water partition coefficient (Wildman–Crippen LogP) is 1.83. The van der Waals surface area contributed by atoms with Crippen molar-refractivity contribution >= 4 is 5.97 Å². The summed E-state index contributed by atoms with van der Waals surface area (Å²) in [7, 11) is 0. The maximum absolute atomic E-state index is 11.5. The lowest BCUT2D eigenvalue weighted by molar-refractivity contribution is -0.139. The van der Waals surface area contributed by atoms with Crippen molar-refractivity contribution in [3.8, 4) is 0 Å². The van der Waals surface area contributed by atoms with Crippen molar-refractivity contribution in [1.29, 1.82) is 0 Å². The summed E-state index contributed by atoms with van der Waals surface area (Å²) in [5.74, 6) is -0.902. The van der Waals surface area contributed by atoms with Gasteiger partial charge in [-0.1, -0.05) is 29.8 Å². The van der Waals surface area contributed by atoms with Crippen molar-refractivity contribution < 1.29 is 9.90 Å². The molecule has 21 heavy (non-hydrogen) atoms. The van der Waals surface area contributed by atoms with Crippen molar-refractivity contribution in [2.45, 2.75) is 39.9 Å². The highest BCUT2D eigenvalue weighted by atomic mass is 16.4. The molecule has 0 amide bonds. The summed E-state index contributed by atoms with van der Waals surface area (Å²) in [6.45, 7) is 6.85. The van der Waals surface area contributed by atoms with Gasteiger partial charge in [-0.3, -0.25) is 10.1 Å². The molecule has 6 nitrogen and oxygen atoms in total. The van der Waals surface area contributed by atoms with Crippen molar-refractivity contribution in [3.05, 3.63) is 46.8 Å². The molecule has 2 rings (SSSR count). The summed E-state index contributed by atoms with van der Waals surface area (Å²) < 4.78 is 0.